The lowest BCUT2D eigenvalue weighted by Gasteiger charge is -2.45. The summed E-state index contributed by atoms with van der Waals surface area (Å²) in [6.45, 7) is 4.29. The summed E-state index contributed by atoms with van der Waals surface area (Å²) in [7, 11) is 1.60. The molecule has 2 unspecified atom stereocenters. The molecule has 1 aliphatic heterocycles. The van der Waals surface area contributed by atoms with Gasteiger partial charge in [-0.15, -0.1) is 0 Å². The maximum atomic E-state index is 12.9. The van der Waals surface area contributed by atoms with Crippen molar-refractivity contribution in [2.75, 3.05) is 13.7 Å². The highest BCUT2D eigenvalue weighted by molar-refractivity contribution is 4.99. The Morgan fingerprint density at radius 2 is 2.14 bits per heavy atom. The first kappa shape index (κ1) is 11.9. The van der Waals surface area contributed by atoms with Crippen LogP contribution in [0.1, 0.15) is 33.1 Å². The molecule has 0 aliphatic carbocycles. The van der Waals surface area contributed by atoms with Gasteiger partial charge in [0.15, 0.2) is 0 Å². The Labute approximate surface area is 84.0 Å². The first-order chi connectivity index (χ1) is 6.48. The number of nitrogens with one attached hydrogen (secondary N) is 1. The Morgan fingerprint density at radius 3 is 2.57 bits per heavy atom. The highest BCUT2D eigenvalue weighted by atomic mass is 19.3. The van der Waals surface area contributed by atoms with Gasteiger partial charge in [0.05, 0.1) is 11.1 Å². The quantitative estimate of drug-likeness (QED) is 0.766. The molecule has 0 spiro atoms. The van der Waals surface area contributed by atoms with E-state index in [0.29, 0.717) is 19.4 Å². The van der Waals surface area contributed by atoms with E-state index < -0.39 is 17.6 Å². The minimum Gasteiger partial charge on any atom is -0.375 e. The largest absolute Gasteiger partial charge is 0.375 e. The molecule has 1 rings (SSSR count). The third-order valence-electron chi connectivity index (χ3n) is 3.35. The highest BCUT2D eigenvalue weighted by Gasteiger charge is 2.47. The lowest BCUT2D eigenvalue weighted by atomic mass is 9.79. The molecule has 84 valence electrons. The molecule has 0 aromatic heterocycles. The number of ether oxygens (including phenoxy) is 1. The van der Waals surface area contributed by atoms with Crippen LogP contribution in [0.4, 0.5) is 8.78 Å². The second-order valence-corrected chi connectivity index (χ2v) is 4.29. The molecule has 0 radical (unpaired) electrons. The molecule has 14 heavy (non-hydrogen) atoms. The number of hydrogen-bond donors (Lipinski definition) is 1. The lowest BCUT2D eigenvalue weighted by Crippen LogP contribution is -2.58. The molecule has 1 aliphatic rings. The minimum absolute atomic E-state index is 0.380. The van der Waals surface area contributed by atoms with Crippen molar-refractivity contribution < 1.29 is 13.5 Å². The fraction of sp³-hybridized carbons (Fsp3) is 1.00. The average Bonchev–Trinajstić information content (AvgIpc) is 2.17. The van der Waals surface area contributed by atoms with Crippen LogP contribution in [0.2, 0.25) is 0 Å². The normalized spacial score (nSPS) is 39.0. The zero-order valence-electron chi connectivity index (χ0n) is 9.07. The maximum Gasteiger partial charge on any atom is 0.256 e. The van der Waals surface area contributed by atoms with Crippen molar-refractivity contribution in [3.05, 3.63) is 0 Å². The summed E-state index contributed by atoms with van der Waals surface area (Å²) in [5, 5.41) is 2.78. The molecular weight excluding hydrogens is 188 g/mol. The molecule has 4 heteroatoms. The third-order valence-corrected chi connectivity index (χ3v) is 3.35. The van der Waals surface area contributed by atoms with E-state index in [9.17, 15) is 8.78 Å². The van der Waals surface area contributed by atoms with Gasteiger partial charge in [-0.2, -0.15) is 0 Å². The van der Waals surface area contributed by atoms with E-state index in [1.807, 2.05) is 13.8 Å². The second kappa shape index (κ2) is 4.11. The zero-order valence-corrected chi connectivity index (χ0v) is 9.07. The summed E-state index contributed by atoms with van der Waals surface area (Å²) in [5.41, 5.74) is -1.46. The summed E-state index contributed by atoms with van der Waals surface area (Å²) in [6, 6.07) is 0. The van der Waals surface area contributed by atoms with Gasteiger partial charge in [-0.1, -0.05) is 6.92 Å². The van der Waals surface area contributed by atoms with Gasteiger partial charge < -0.3 is 10.1 Å². The molecule has 1 saturated heterocycles. The molecule has 0 saturated carbocycles. The van der Waals surface area contributed by atoms with Gasteiger partial charge >= 0.3 is 0 Å². The highest BCUT2D eigenvalue weighted by Crippen LogP contribution is 2.37. The van der Waals surface area contributed by atoms with Crippen molar-refractivity contribution in [2.24, 2.45) is 0 Å². The Kier molecular flexibility index (Phi) is 3.48. The van der Waals surface area contributed by atoms with Gasteiger partial charge in [-0.05, 0) is 33.2 Å². The van der Waals surface area contributed by atoms with Crippen LogP contribution >= 0.6 is 0 Å². The van der Waals surface area contributed by atoms with Crippen LogP contribution in [0.3, 0.4) is 0 Å². The summed E-state index contributed by atoms with van der Waals surface area (Å²) in [5.74, 6) is 0. The van der Waals surface area contributed by atoms with Crippen LogP contribution in [-0.2, 0) is 4.74 Å². The maximum absolute atomic E-state index is 12.9. The van der Waals surface area contributed by atoms with Gasteiger partial charge in [0.1, 0.15) is 0 Å². The summed E-state index contributed by atoms with van der Waals surface area (Å²) >= 11 is 0. The monoisotopic (exact) mass is 207 g/mol. The van der Waals surface area contributed by atoms with E-state index >= 15 is 0 Å². The molecule has 0 amide bonds. The van der Waals surface area contributed by atoms with Gasteiger partial charge in [0.25, 0.3) is 6.43 Å². The number of hydrogen-bond acceptors (Lipinski definition) is 2. The molecule has 0 aromatic carbocycles. The first-order valence-corrected chi connectivity index (χ1v) is 5.09. The molecule has 2 nitrogen and oxygen atoms in total. The summed E-state index contributed by atoms with van der Waals surface area (Å²) < 4.78 is 31.4. The molecule has 1 fully saturated rings. The van der Waals surface area contributed by atoms with Crippen molar-refractivity contribution in [3.8, 4) is 0 Å². The van der Waals surface area contributed by atoms with Crippen molar-refractivity contribution >= 4 is 0 Å². The second-order valence-electron chi connectivity index (χ2n) is 4.29. The predicted molar refractivity (Wildman–Crippen MR) is 51.7 cm³/mol. The van der Waals surface area contributed by atoms with Gasteiger partial charge in [-0.3, -0.25) is 0 Å². The van der Waals surface area contributed by atoms with E-state index in [0.717, 1.165) is 6.42 Å². The van der Waals surface area contributed by atoms with Crippen LogP contribution in [0.15, 0.2) is 0 Å². The number of alkyl halides is 2. The summed E-state index contributed by atoms with van der Waals surface area (Å²) in [4.78, 5) is 0. The van der Waals surface area contributed by atoms with Crippen molar-refractivity contribution in [1.82, 2.24) is 5.32 Å². The van der Waals surface area contributed by atoms with Crippen LogP contribution in [0.25, 0.3) is 0 Å². The van der Waals surface area contributed by atoms with Gasteiger partial charge in [0.2, 0.25) is 0 Å². The minimum atomic E-state index is -2.33. The van der Waals surface area contributed by atoms with E-state index in [1.165, 1.54) is 0 Å². The average molecular weight is 207 g/mol. The zero-order chi connectivity index (χ0) is 10.8. The SMILES string of the molecule is CCC1(C)CC(NC)(C(F)F)CCO1. The first-order valence-electron chi connectivity index (χ1n) is 5.09. The van der Waals surface area contributed by atoms with Crippen molar-refractivity contribution in [2.45, 2.75) is 50.7 Å². The third kappa shape index (κ3) is 2.06. The van der Waals surface area contributed by atoms with Crippen LogP contribution in [0.5, 0.6) is 0 Å². The van der Waals surface area contributed by atoms with Crippen molar-refractivity contribution in [1.29, 1.82) is 0 Å². The molecule has 0 bridgehead atoms. The Morgan fingerprint density at radius 1 is 1.50 bits per heavy atom. The Balaban J connectivity index is 2.79. The molecule has 0 aromatic rings. The smallest absolute Gasteiger partial charge is 0.256 e. The van der Waals surface area contributed by atoms with E-state index in [-0.39, 0.29) is 0 Å². The van der Waals surface area contributed by atoms with Gasteiger partial charge in [-0.25, -0.2) is 8.78 Å². The topological polar surface area (TPSA) is 21.3 Å². The van der Waals surface area contributed by atoms with Crippen molar-refractivity contribution in [3.63, 3.8) is 0 Å². The van der Waals surface area contributed by atoms with Crippen LogP contribution < -0.4 is 5.32 Å². The number of halogens is 2. The Bertz CT molecular complexity index is 201. The molecule has 1 heterocycles. The lowest BCUT2D eigenvalue weighted by molar-refractivity contribution is -0.133. The van der Waals surface area contributed by atoms with Crippen LogP contribution in [0, 0.1) is 0 Å². The van der Waals surface area contributed by atoms with Crippen LogP contribution in [-0.4, -0.2) is 31.2 Å². The molecule has 1 N–H and O–H groups in total. The molecular formula is C10H19F2NO. The van der Waals surface area contributed by atoms with E-state index in [2.05, 4.69) is 5.32 Å². The van der Waals surface area contributed by atoms with E-state index in [4.69, 9.17) is 4.74 Å². The van der Waals surface area contributed by atoms with E-state index in [1.54, 1.807) is 7.05 Å². The standard InChI is InChI=1S/C10H19F2NO/c1-4-9(2)7-10(13-3,8(11)12)5-6-14-9/h8,13H,4-7H2,1-3H3. The predicted octanol–water partition coefficient (Wildman–Crippen LogP) is 2.19. The Hall–Kier alpha value is -0.220. The fourth-order valence-corrected chi connectivity index (χ4v) is 2.02. The fourth-order valence-electron chi connectivity index (χ4n) is 2.02. The summed E-state index contributed by atoms with van der Waals surface area (Å²) in [6.07, 6.45) is -0.799. The number of rotatable bonds is 3. The van der Waals surface area contributed by atoms with Gasteiger partial charge in [0, 0.05) is 6.61 Å². The molecule has 2 atom stereocenters.